The molecule has 0 aliphatic carbocycles. The lowest BCUT2D eigenvalue weighted by Crippen LogP contribution is -2.35. The number of aromatic nitrogens is 1. The van der Waals surface area contributed by atoms with Crippen molar-refractivity contribution in [1.29, 1.82) is 0 Å². The van der Waals surface area contributed by atoms with Crippen molar-refractivity contribution < 1.29 is 14.3 Å². The summed E-state index contributed by atoms with van der Waals surface area (Å²) >= 11 is 0. The van der Waals surface area contributed by atoms with Gasteiger partial charge in [-0.1, -0.05) is 6.92 Å². The highest BCUT2D eigenvalue weighted by atomic mass is 16.5. The van der Waals surface area contributed by atoms with Gasteiger partial charge in [-0.2, -0.15) is 4.73 Å². The van der Waals surface area contributed by atoms with Gasteiger partial charge in [-0.25, -0.2) is 4.79 Å². The van der Waals surface area contributed by atoms with Gasteiger partial charge in [-0.05, 0) is 19.4 Å². The molecule has 4 heteroatoms. The third-order valence-corrected chi connectivity index (χ3v) is 1.87. The molecule has 0 saturated carbocycles. The van der Waals surface area contributed by atoms with Crippen molar-refractivity contribution in [3.8, 4) is 0 Å². The van der Waals surface area contributed by atoms with E-state index >= 15 is 0 Å². The molecule has 0 radical (unpaired) electrons. The molecule has 0 aromatic carbocycles. The molecule has 0 atom stereocenters. The predicted molar refractivity (Wildman–Crippen MR) is 50.7 cm³/mol. The zero-order chi connectivity index (χ0) is 10.6. The maximum Gasteiger partial charge on any atom is 0.404 e. The summed E-state index contributed by atoms with van der Waals surface area (Å²) in [6.07, 6.45) is 2.16. The van der Waals surface area contributed by atoms with Crippen molar-refractivity contribution in [2.45, 2.75) is 20.3 Å². The van der Waals surface area contributed by atoms with E-state index in [0.717, 1.165) is 12.0 Å². The average Bonchev–Trinajstić information content (AvgIpc) is 2.17. The van der Waals surface area contributed by atoms with Crippen molar-refractivity contribution in [2.24, 2.45) is 0 Å². The molecule has 4 nitrogen and oxygen atoms in total. The quantitative estimate of drug-likeness (QED) is 0.411. The Bertz CT molecular complexity index is 336. The van der Waals surface area contributed by atoms with Crippen LogP contribution in [0.3, 0.4) is 0 Å². The Balaban J connectivity index is 2.94. The second-order valence-corrected chi connectivity index (χ2v) is 2.82. The lowest BCUT2D eigenvalue weighted by atomic mass is 10.2. The molecule has 1 rings (SSSR count). The number of nitrogens with zero attached hydrogens (tertiary/aromatic N) is 1. The molecule has 1 aromatic heterocycles. The highest BCUT2D eigenvalue weighted by Gasteiger charge is 2.16. The Morgan fingerprint density at radius 1 is 1.50 bits per heavy atom. The Kier molecular flexibility index (Phi) is 3.45. The van der Waals surface area contributed by atoms with Gasteiger partial charge in [0.15, 0.2) is 6.20 Å². The molecule has 76 valence electrons. The van der Waals surface area contributed by atoms with E-state index in [1.165, 1.54) is 12.3 Å². The summed E-state index contributed by atoms with van der Waals surface area (Å²) in [6.45, 7) is 3.92. The number of hydrogen-bond donors (Lipinski definition) is 0. The minimum absolute atomic E-state index is 0.0315. The number of esters is 1. The third-order valence-electron chi connectivity index (χ3n) is 1.87. The van der Waals surface area contributed by atoms with E-state index in [0.29, 0.717) is 4.73 Å². The Morgan fingerprint density at radius 2 is 2.21 bits per heavy atom. The van der Waals surface area contributed by atoms with Crippen LogP contribution in [-0.4, -0.2) is 12.6 Å². The number of hydrogen-bond acceptors (Lipinski definition) is 3. The number of ether oxygens (including phenoxy) is 1. The monoisotopic (exact) mass is 195 g/mol. The number of pyridine rings is 1. The highest BCUT2D eigenvalue weighted by molar-refractivity contribution is 5.85. The maximum absolute atomic E-state index is 11.3. The molecule has 0 spiro atoms. The van der Waals surface area contributed by atoms with Crippen LogP contribution < -0.4 is 4.73 Å². The molecule has 0 saturated heterocycles. The third kappa shape index (κ3) is 2.22. The summed E-state index contributed by atoms with van der Waals surface area (Å²) < 4.78 is 5.27. The van der Waals surface area contributed by atoms with Crippen LogP contribution >= 0.6 is 0 Å². The molecule has 1 heterocycles. The van der Waals surface area contributed by atoms with Crippen LogP contribution in [0.2, 0.25) is 0 Å². The fourth-order valence-electron chi connectivity index (χ4n) is 1.09. The van der Waals surface area contributed by atoms with E-state index in [9.17, 15) is 10.0 Å². The van der Waals surface area contributed by atoms with Gasteiger partial charge in [0, 0.05) is 11.6 Å². The van der Waals surface area contributed by atoms with Crippen molar-refractivity contribution in [3.63, 3.8) is 0 Å². The SMILES string of the molecule is CCOC(=O)c1ccc(CC)c[n+]1[O-]. The van der Waals surface area contributed by atoms with Gasteiger partial charge in [0.2, 0.25) is 0 Å². The molecule has 1 aromatic rings. The van der Waals surface area contributed by atoms with Gasteiger partial charge in [0.25, 0.3) is 0 Å². The van der Waals surface area contributed by atoms with Crippen LogP contribution in [0.5, 0.6) is 0 Å². The minimum Gasteiger partial charge on any atom is -0.618 e. The molecule has 0 fully saturated rings. The number of carbonyl (C=O) groups excluding carboxylic acids is 1. The molecule has 14 heavy (non-hydrogen) atoms. The summed E-state index contributed by atoms with van der Waals surface area (Å²) in [5.74, 6) is -0.579. The minimum atomic E-state index is -0.579. The van der Waals surface area contributed by atoms with Crippen molar-refractivity contribution in [2.75, 3.05) is 6.61 Å². The molecule has 0 N–H and O–H groups in total. The van der Waals surface area contributed by atoms with Gasteiger partial charge in [-0.15, -0.1) is 0 Å². The van der Waals surface area contributed by atoms with E-state index in [1.54, 1.807) is 13.0 Å². The number of aryl methyl sites for hydroxylation is 1. The lowest BCUT2D eigenvalue weighted by molar-refractivity contribution is -0.608. The standard InChI is InChI=1S/C10H13NO3/c1-3-8-5-6-9(11(13)7-8)10(12)14-4-2/h5-7H,3-4H2,1-2H3. The second-order valence-electron chi connectivity index (χ2n) is 2.82. The van der Waals surface area contributed by atoms with E-state index in [-0.39, 0.29) is 12.3 Å². The topological polar surface area (TPSA) is 53.2 Å². The lowest BCUT2D eigenvalue weighted by Gasteiger charge is -2.04. The van der Waals surface area contributed by atoms with Crippen LogP contribution in [0.25, 0.3) is 0 Å². The van der Waals surface area contributed by atoms with E-state index in [1.807, 2.05) is 6.92 Å². The van der Waals surface area contributed by atoms with Gasteiger partial charge in [0.05, 0.1) is 6.61 Å². The fraction of sp³-hybridized carbons (Fsp3) is 0.400. The molecule has 0 amide bonds. The number of rotatable bonds is 3. The Labute approximate surface area is 82.7 Å². The first kappa shape index (κ1) is 10.5. The van der Waals surface area contributed by atoms with E-state index < -0.39 is 5.97 Å². The van der Waals surface area contributed by atoms with Crippen LogP contribution in [0.15, 0.2) is 18.3 Å². The van der Waals surface area contributed by atoms with Crippen LogP contribution in [0.1, 0.15) is 29.9 Å². The predicted octanol–water partition coefficient (Wildman–Crippen LogP) is 1.06. The average molecular weight is 195 g/mol. The summed E-state index contributed by atoms with van der Waals surface area (Å²) in [5.41, 5.74) is 0.928. The fourth-order valence-corrected chi connectivity index (χ4v) is 1.09. The van der Waals surface area contributed by atoms with E-state index in [4.69, 9.17) is 4.74 Å². The summed E-state index contributed by atoms with van der Waals surface area (Å²) in [5, 5.41) is 11.3. The van der Waals surface area contributed by atoms with Crippen molar-refractivity contribution >= 4 is 5.97 Å². The molecule has 0 aliphatic heterocycles. The molecule has 0 unspecified atom stereocenters. The van der Waals surface area contributed by atoms with Gasteiger partial charge in [-0.3, -0.25) is 0 Å². The summed E-state index contributed by atoms with van der Waals surface area (Å²) in [7, 11) is 0. The zero-order valence-electron chi connectivity index (χ0n) is 8.32. The van der Waals surface area contributed by atoms with Crippen LogP contribution in [0, 0.1) is 5.21 Å². The number of carbonyl (C=O) groups is 1. The molecular formula is C10H13NO3. The Hall–Kier alpha value is -1.58. The first-order valence-corrected chi connectivity index (χ1v) is 4.58. The van der Waals surface area contributed by atoms with Crippen molar-refractivity contribution in [1.82, 2.24) is 0 Å². The summed E-state index contributed by atoms with van der Waals surface area (Å²) in [4.78, 5) is 11.2. The van der Waals surface area contributed by atoms with Crippen molar-refractivity contribution in [3.05, 3.63) is 34.8 Å². The second kappa shape index (κ2) is 4.60. The van der Waals surface area contributed by atoms with Gasteiger partial charge in [0.1, 0.15) is 0 Å². The van der Waals surface area contributed by atoms with E-state index in [2.05, 4.69) is 0 Å². The zero-order valence-corrected chi connectivity index (χ0v) is 8.32. The highest BCUT2D eigenvalue weighted by Crippen LogP contribution is 2.00. The van der Waals surface area contributed by atoms with Gasteiger partial charge >= 0.3 is 11.7 Å². The smallest absolute Gasteiger partial charge is 0.404 e. The van der Waals surface area contributed by atoms with Crippen LogP contribution in [0.4, 0.5) is 0 Å². The molecular weight excluding hydrogens is 182 g/mol. The summed E-state index contributed by atoms with van der Waals surface area (Å²) in [6, 6.07) is 3.24. The normalized spacial score (nSPS) is 9.86. The largest absolute Gasteiger partial charge is 0.618 e. The first-order valence-electron chi connectivity index (χ1n) is 4.58. The maximum atomic E-state index is 11.3. The molecule has 0 bridgehead atoms. The van der Waals surface area contributed by atoms with Gasteiger partial charge < -0.3 is 9.94 Å². The Morgan fingerprint density at radius 3 is 2.71 bits per heavy atom. The molecule has 0 aliphatic rings. The first-order chi connectivity index (χ1) is 6.69. The van der Waals surface area contributed by atoms with Crippen LogP contribution in [-0.2, 0) is 11.2 Å².